The number of carbonyl (C=O) groups is 2. The molecule has 3 aromatic rings. The molecular formula is C24H18O7. The Morgan fingerprint density at radius 2 is 1.84 bits per heavy atom. The summed E-state index contributed by atoms with van der Waals surface area (Å²) in [4.78, 5) is 25.2. The van der Waals surface area contributed by atoms with E-state index in [1.165, 1.54) is 0 Å². The first kappa shape index (κ1) is 19.0. The summed E-state index contributed by atoms with van der Waals surface area (Å²) in [5.41, 5.74) is 1.77. The lowest BCUT2D eigenvalue weighted by molar-refractivity contribution is -0.135. The van der Waals surface area contributed by atoms with Crippen LogP contribution in [-0.2, 0) is 4.79 Å². The zero-order valence-electron chi connectivity index (χ0n) is 16.8. The smallest absolute Gasteiger partial charge is 0.312 e. The van der Waals surface area contributed by atoms with Gasteiger partial charge in [0.25, 0.3) is 0 Å². The molecule has 3 heterocycles. The van der Waals surface area contributed by atoms with Gasteiger partial charge in [-0.05, 0) is 48.0 Å². The van der Waals surface area contributed by atoms with E-state index in [9.17, 15) is 9.59 Å². The van der Waals surface area contributed by atoms with Gasteiger partial charge in [0.2, 0.25) is 5.78 Å². The summed E-state index contributed by atoms with van der Waals surface area (Å²) in [6.45, 7) is 0. The van der Waals surface area contributed by atoms with Crippen molar-refractivity contribution in [3.8, 4) is 23.0 Å². The molecule has 1 aromatic heterocycles. The van der Waals surface area contributed by atoms with Crippen LogP contribution in [0, 0.1) is 0 Å². The van der Waals surface area contributed by atoms with Crippen LogP contribution < -0.4 is 18.9 Å². The van der Waals surface area contributed by atoms with Crippen LogP contribution >= 0.6 is 0 Å². The Labute approximate surface area is 177 Å². The monoisotopic (exact) mass is 418 g/mol. The maximum absolute atomic E-state index is 13.0. The number of fused-ring (bicyclic) bond motifs is 3. The number of ether oxygens (including phenoxy) is 4. The Morgan fingerprint density at radius 1 is 1.00 bits per heavy atom. The van der Waals surface area contributed by atoms with Gasteiger partial charge in [-0.15, -0.1) is 0 Å². The van der Waals surface area contributed by atoms with Crippen molar-refractivity contribution >= 4 is 17.8 Å². The molecule has 7 nitrogen and oxygen atoms in total. The van der Waals surface area contributed by atoms with Crippen LogP contribution in [0.4, 0.5) is 0 Å². The van der Waals surface area contributed by atoms with Crippen molar-refractivity contribution in [2.24, 2.45) is 0 Å². The van der Waals surface area contributed by atoms with Gasteiger partial charge >= 0.3 is 5.97 Å². The largest absolute Gasteiger partial charge is 0.493 e. The van der Waals surface area contributed by atoms with E-state index in [-0.39, 0.29) is 23.9 Å². The standard InChI is InChI=1S/C24H18O7/c1-27-17-7-5-13(10-19(17)28-2)11-20-23(26)14-6-8-18-22(24(14)31-20)15(12-21(25)30-18)16-4-3-9-29-16/h3-11,15H,12H2,1-2H3/b20-11-/t15-/m1/s1. The van der Waals surface area contributed by atoms with Crippen molar-refractivity contribution < 1.29 is 33.0 Å². The fraction of sp³-hybridized carbons (Fsp3) is 0.167. The van der Waals surface area contributed by atoms with E-state index < -0.39 is 5.92 Å². The van der Waals surface area contributed by atoms with E-state index in [4.69, 9.17) is 23.4 Å². The van der Waals surface area contributed by atoms with Gasteiger partial charge in [0.05, 0.1) is 38.4 Å². The minimum absolute atomic E-state index is 0.100. The molecule has 31 heavy (non-hydrogen) atoms. The van der Waals surface area contributed by atoms with E-state index in [2.05, 4.69) is 0 Å². The van der Waals surface area contributed by atoms with Crippen molar-refractivity contribution in [1.82, 2.24) is 0 Å². The molecule has 0 amide bonds. The van der Waals surface area contributed by atoms with Crippen molar-refractivity contribution in [3.63, 3.8) is 0 Å². The SMILES string of the molecule is COc1ccc(/C=C2\Oc3c(ccc4c3[C@@H](c3ccco3)CC(=O)O4)C2=O)cc1OC. The average Bonchev–Trinajstić information content (AvgIpc) is 3.42. The highest BCUT2D eigenvalue weighted by atomic mass is 16.5. The van der Waals surface area contributed by atoms with Crippen LogP contribution in [-0.4, -0.2) is 26.0 Å². The molecule has 0 radical (unpaired) electrons. The highest BCUT2D eigenvalue weighted by molar-refractivity contribution is 6.15. The maximum atomic E-state index is 13.0. The lowest BCUT2D eigenvalue weighted by Gasteiger charge is -2.24. The number of hydrogen-bond acceptors (Lipinski definition) is 7. The molecule has 0 aliphatic carbocycles. The molecule has 2 aromatic carbocycles. The molecule has 156 valence electrons. The molecule has 0 fully saturated rings. The van der Waals surface area contributed by atoms with Gasteiger partial charge < -0.3 is 23.4 Å². The summed E-state index contributed by atoms with van der Waals surface area (Å²) in [6.07, 6.45) is 3.29. The Morgan fingerprint density at radius 3 is 2.58 bits per heavy atom. The molecule has 1 atom stereocenters. The number of furan rings is 1. The van der Waals surface area contributed by atoms with Gasteiger partial charge in [0.15, 0.2) is 17.3 Å². The number of esters is 1. The summed E-state index contributed by atoms with van der Waals surface area (Å²) >= 11 is 0. The fourth-order valence-electron chi connectivity index (χ4n) is 3.93. The Bertz CT molecular complexity index is 1220. The van der Waals surface area contributed by atoms with E-state index in [1.54, 1.807) is 69.0 Å². The van der Waals surface area contributed by atoms with Crippen LogP contribution in [0.3, 0.4) is 0 Å². The Balaban J connectivity index is 1.57. The zero-order chi connectivity index (χ0) is 21.5. The molecule has 0 saturated heterocycles. The fourth-order valence-corrected chi connectivity index (χ4v) is 3.93. The normalized spacial score (nSPS) is 18.3. The topological polar surface area (TPSA) is 84.2 Å². The molecule has 0 N–H and O–H groups in total. The van der Waals surface area contributed by atoms with Gasteiger partial charge in [0.1, 0.15) is 17.3 Å². The van der Waals surface area contributed by atoms with E-state index in [0.29, 0.717) is 39.9 Å². The predicted octanol–water partition coefficient (Wildman–Crippen LogP) is 4.35. The zero-order valence-corrected chi connectivity index (χ0v) is 16.8. The predicted molar refractivity (Wildman–Crippen MR) is 110 cm³/mol. The maximum Gasteiger partial charge on any atom is 0.312 e. The Hall–Kier alpha value is -4.00. The molecule has 0 saturated carbocycles. The lowest BCUT2D eigenvalue weighted by Crippen LogP contribution is -2.21. The lowest BCUT2D eigenvalue weighted by atomic mass is 9.88. The second-order valence-corrected chi connectivity index (χ2v) is 7.15. The first-order valence-corrected chi connectivity index (χ1v) is 9.66. The van der Waals surface area contributed by atoms with Crippen LogP contribution in [0.5, 0.6) is 23.0 Å². The second kappa shape index (κ2) is 7.36. The van der Waals surface area contributed by atoms with E-state index in [0.717, 1.165) is 5.56 Å². The van der Waals surface area contributed by atoms with Crippen LogP contribution in [0.2, 0.25) is 0 Å². The van der Waals surface area contributed by atoms with Gasteiger partial charge in [-0.2, -0.15) is 0 Å². The van der Waals surface area contributed by atoms with Crippen molar-refractivity contribution in [2.45, 2.75) is 12.3 Å². The number of hydrogen-bond donors (Lipinski definition) is 0. The number of methoxy groups -OCH3 is 2. The molecule has 2 aliphatic heterocycles. The third-order valence-corrected chi connectivity index (χ3v) is 5.37. The van der Waals surface area contributed by atoms with Gasteiger partial charge in [-0.1, -0.05) is 6.07 Å². The third-order valence-electron chi connectivity index (χ3n) is 5.37. The summed E-state index contributed by atoms with van der Waals surface area (Å²) in [6, 6.07) is 12.1. The number of benzene rings is 2. The molecule has 0 spiro atoms. The number of ketones is 1. The first-order valence-electron chi connectivity index (χ1n) is 9.66. The molecule has 0 bridgehead atoms. The number of allylic oxidation sites excluding steroid dienone is 1. The van der Waals surface area contributed by atoms with Crippen LogP contribution in [0.15, 0.2) is 58.9 Å². The minimum atomic E-state index is -0.394. The Kier molecular flexibility index (Phi) is 4.51. The number of carbonyl (C=O) groups excluding carboxylic acids is 2. The van der Waals surface area contributed by atoms with Gasteiger partial charge in [-0.3, -0.25) is 9.59 Å². The van der Waals surface area contributed by atoms with E-state index in [1.807, 2.05) is 0 Å². The van der Waals surface area contributed by atoms with Crippen molar-refractivity contribution in [1.29, 1.82) is 0 Å². The quantitative estimate of drug-likeness (QED) is 0.354. The summed E-state index contributed by atoms with van der Waals surface area (Å²) in [5, 5.41) is 0. The van der Waals surface area contributed by atoms with E-state index >= 15 is 0 Å². The number of rotatable bonds is 4. The molecular weight excluding hydrogens is 400 g/mol. The highest BCUT2D eigenvalue weighted by Crippen LogP contribution is 2.49. The van der Waals surface area contributed by atoms with Crippen LogP contribution in [0.25, 0.3) is 6.08 Å². The van der Waals surface area contributed by atoms with Crippen LogP contribution in [0.1, 0.15) is 39.6 Å². The highest BCUT2D eigenvalue weighted by Gasteiger charge is 2.39. The molecule has 7 heteroatoms. The summed E-state index contributed by atoms with van der Waals surface area (Å²) in [5.74, 6) is 1.67. The molecule has 2 aliphatic rings. The van der Waals surface area contributed by atoms with Gasteiger partial charge in [0, 0.05) is 5.56 Å². The summed E-state index contributed by atoms with van der Waals surface area (Å²) < 4.78 is 27.6. The molecule has 0 unspecified atom stereocenters. The minimum Gasteiger partial charge on any atom is -0.493 e. The van der Waals surface area contributed by atoms with Crippen molar-refractivity contribution in [3.05, 3.63) is 76.9 Å². The third kappa shape index (κ3) is 3.15. The summed E-state index contributed by atoms with van der Waals surface area (Å²) in [7, 11) is 3.10. The van der Waals surface area contributed by atoms with Gasteiger partial charge in [-0.25, -0.2) is 0 Å². The van der Waals surface area contributed by atoms with Crippen molar-refractivity contribution in [2.75, 3.05) is 14.2 Å². The first-order chi connectivity index (χ1) is 15.1. The second-order valence-electron chi connectivity index (χ2n) is 7.15. The average molecular weight is 418 g/mol. The molecule has 5 rings (SSSR count). The number of Topliss-reactive ketones (excluding diaryl/α,β-unsaturated/α-hetero) is 1.